The molecule has 0 saturated heterocycles. The molecule has 0 aliphatic rings. The number of hydrazone groups is 1. The third-order valence-electron chi connectivity index (χ3n) is 5.10. The Bertz CT molecular complexity index is 1410. The number of non-ortho nitro benzene ring substituents is 1. The first-order valence-electron chi connectivity index (χ1n) is 10.4. The summed E-state index contributed by atoms with van der Waals surface area (Å²) in [6.07, 6.45) is 1.16. The van der Waals surface area contributed by atoms with Gasteiger partial charge in [0, 0.05) is 22.7 Å². The zero-order valence-corrected chi connectivity index (χ0v) is 20.8. The number of anilines is 1. The van der Waals surface area contributed by atoms with Crippen molar-refractivity contribution < 1.29 is 18.1 Å². The van der Waals surface area contributed by atoms with E-state index in [-0.39, 0.29) is 21.2 Å². The molecule has 0 aromatic heterocycles. The number of nitro benzene ring substituents is 1. The van der Waals surface area contributed by atoms with Crippen molar-refractivity contribution in [1.82, 2.24) is 5.43 Å². The molecule has 0 aliphatic heterocycles. The first-order chi connectivity index (χ1) is 16.5. The number of carbonyl (C=O) groups is 1. The Morgan fingerprint density at radius 2 is 1.71 bits per heavy atom. The number of carbonyl (C=O) groups excluding carboxylic acids is 1. The van der Waals surface area contributed by atoms with E-state index in [4.69, 9.17) is 11.6 Å². The number of rotatable bonds is 8. The average Bonchev–Trinajstić information content (AvgIpc) is 2.79. The highest BCUT2D eigenvalue weighted by atomic mass is 35.5. The molecule has 3 rings (SSSR count). The molecule has 0 fully saturated rings. The minimum atomic E-state index is -4.08. The Morgan fingerprint density at radius 1 is 1.06 bits per heavy atom. The van der Waals surface area contributed by atoms with Gasteiger partial charge in [0.1, 0.15) is 6.54 Å². The molecule has 1 amide bonds. The van der Waals surface area contributed by atoms with Gasteiger partial charge in [-0.25, -0.2) is 13.8 Å². The lowest BCUT2D eigenvalue weighted by molar-refractivity contribution is -0.384. The van der Waals surface area contributed by atoms with Crippen LogP contribution in [0.25, 0.3) is 0 Å². The lowest BCUT2D eigenvalue weighted by Crippen LogP contribution is -2.40. The maximum atomic E-state index is 13.5. The third kappa shape index (κ3) is 6.23. The zero-order chi connectivity index (χ0) is 25.8. The zero-order valence-electron chi connectivity index (χ0n) is 19.2. The topological polar surface area (TPSA) is 122 Å². The van der Waals surface area contributed by atoms with Crippen molar-refractivity contribution >= 4 is 45.1 Å². The molecule has 3 aromatic rings. The summed E-state index contributed by atoms with van der Waals surface area (Å²) < 4.78 is 28.0. The second-order valence-electron chi connectivity index (χ2n) is 7.87. The van der Waals surface area contributed by atoms with Crippen LogP contribution in [0.2, 0.25) is 5.02 Å². The van der Waals surface area contributed by atoms with E-state index in [1.165, 1.54) is 30.3 Å². The van der Waals surface area contributed by atoms with Crippen molar-refractivity contribution in [3.8, 4) is 0 Å². The minimum Gasteiger partial charge on any atom is -0.271 e. The van der Waals surface area contributed by atoms with E-state index in [1.54, 1.807) is 31.2 Å². The Kier molecular flexibility index (Phi) is 7.88. The van der Waals surface area contributed by atoms with E-state index >= 15 is 0 Å². The highest BCUT2D eigenvalue weighted by Crippen LogP contribution is 2.27. The summed E-state index contributed by atoms with van der Waals surface area (Å²) in [4.78, 5) is 23.1. The van der Waals surface area contributed by atoms with E-state index in [2.05, 4.69) is 10.5 Å². The summed E-state index contributed by atoms with van der Waals surface area (Å²) in [5.74, 6) is -0.710. The van der Waals surface area contributed by atoms with Crippen LogP contribution in [0.4, 0.5) is 11.4 Å². The van der Waals surface area contributed by atoms with Gasteiger partial charge in [-0.2, -0.15) is 5.10 Å². The number of benzene rings is 3. The molecule has 9 nitrogen and oxygen atoms in total. The van der Waals surface area contributed by atoms with Crippen LogP contribution in [-0.4, -0.2) is 32.0 Å². The van der Waals surface area contributed by atoms with Crippen LogP contribution >= 0.6 is 11.6 Å². The summed E-state index contributed by atoms with van der Waals surface area (Å²) in [5, 5.41) is 15.0. The molecule has 35 heavy (non-hydrogen) atoms. The smallest absolute Gasteiger partial charge is 0.270 e. The van der Waals surface area contributed by atoms with Gasteiger partial charge in [0.25, 0.3) is 21.6 Å². The second kappa shape index (κ2) is 10.7. The quantitative estimate of drug-likeness (QED) is 0.269. The van der Waals surface area contributed by atoms with Crippen LogP contribution in [0.3, 0.4) is 0 Å². The fourth-order valence-electron chi connectivity index (χ4n) is 3.31. The Morgan fingerprint density at radius 3 is 2.34 bits per heavy atom. The Labute approximate surface area is 208 Å². The lowest BCUT2D eigenvalue weighted by atomic mass is 10.1. The summed E-state index contributed by atoms with van der Waals surface area (Å²) >= 11 is 6.04. The number of hydrogen-bond acceptors (Lipinski definition) is 6. The monoisotopic (exact) mass is 514 g/mol. The van der Waals surface area contributed by atoms with Gasteiger partial charge in [0.05, 0.1) is 21.7 Å². The molecule has 0 unspecified atom stereocenters. The summed E-state index contributed by atoms with van der Waals surface area (Å²) in [7, 11) is -4.08. The molecule has 0 bridgehead atoms. The van der Waals surface area contributed by atoms with Crippen LogP contribution in [0.5, 0.6) is 0 Å². The Hall–Kier alpha value is -3.76. The maximum absolute atomic E-state index is 13.5. The molecule has 3 aromatic carbocycles. The van der Waals surface area contributed by atoms with Crippen LogP contribution in [0, 0.1) is 30.9 Å². The predicted molar refractivity (Wildman–Crippen MR) is 135 cm³/mol. The van der Waals surface area contributed by atoms with E-state index < -0.39 is 27.4 Å². The first kappa shape index (κ1) is 25.9. The van der Waals surface area contributed by atoms with Gasteiger partial charge in [0.2, 0.25) is 0 Å². The number of nitrogens with one attached hydrogen (secondary N) is 1. The van der Waals surface area contributed by atoms with Gasteiger partial charge in [0.15, 0.2) is 0 Å². The molecule has 182 valence electrons. The van der Waals surface area contributed by atoms with Crippen LogP contribution in [0.1, 0.15) is 22.3 Å². The number of sulfonamides is 1. The summed E-state index contributed by atoms with van der Waals surface area (Å²) in [6.45, 7) is 4.95. The molecule has 0 aliphatic carbocycles. The van der Waals surface area contributed by atoms with E-state index in [9.17, 15) is 23.3 Å². The van der Waals surface area contributed by atoms with E-state index in [0.29, 0.717) is 11.3 Å². The van der Waals surface area contributed by atoms with Crippen LogP contribution in [-0.2, 0) is 14.8 Å². The molecule has 11 heteroatoms. The van der Waals surface area contributed by atoms with E-state index in [1.807, 2.05) is 19.9 Å². The van der Waals surface area contributed by atoms with Gasteiger partial charge in [-0.05, 0) is 50.6 Å². The van der Waals surface area contributed by atoms with Crippen LogP contribution in [0.15, 0.2) is 70.7 Å². The lowest BCUT2D eigenvalue weighted by Gasteiger charge is -2.25. The van der Waals surface area contributed by atoms with Gasteiger partial charge in [-0.1, -0.05) is 47.0 Å². The van der Waals surface area contributed by atoms with Gasteiger partial charge in [-0.3, -0.25) is 19.2 Å². The van der Waals surface area contributed by atoms with Crippen molar-refractivity contribution in [1.29, 1.82) is 0 Å². The molecular formula is C24H23ClN4O5S. The molecule has 0 saturated carbocycles. The number of nitrogens with zero attached hydrogens (tertiary/aromatic N) is 3. The second-order valence-corrected chi connectivity index (χ2v) is 10.1. The standard InChI is InChI=1S/C24H23ClN4O5S/c1-16-4-8-21(9-5-16)35(33,34)28(23-11-6-17(2)12-18(23)3)15-24(30)27-26-14-19-13-20(29(31)32)7-10-22(19)25/h4-14H,15H2,1-3H3,(H,27,30)/b26-14-. The number of nitro groups is 1. The fourth-order valence-corrected chi connectivity index (χ4v) is 4.96. The fraction of sp³-hybridized carbons (Fsp3) is 0.167. The number of aryl methyl sites for hydroxylation is 3. The van der Waals surface area contributed by atoms with Crippen molar-refractivity contribution in [2.24, 2.45) is 5.10 Å². The maximum Gasteiger partial charge on any atom is 0.270 e. The molecule has 0 spiro atoms. The molecule has 1 N–H and O–H groups in total. The molecule has 0 radical (unpaired) electrons. The third-order valence-corrected chi connectivity index (χ3v) is 7.22. The summed E-state index contributed by atoms with van der Waals surface area (Å²) in [5.41, 5.74) is 5.18. The van der Waals surface area contributed by atoms with Gasteiger partial charge >= 0.3 is 0 Å². The van der Waals surface area contributed by atoms with Crippen molar-refractivity contribution in [2.75, 3.05) is 10.8 Å². The van der Waals surface area contributed by atoms with Gasteiger partial charge < -0.3 is 0 Å². The van der Waals surface area contributed by atoms with Crippen molar-refractivity contribution in [2.45, 2.75) is 25.7 Å². The Balaban J connectivity index is 1.88. The molecule has 0 atom stereocenters. The van der Waals surface area contributed by atoms with Crippen molar-refractivity contribution in [3.05, 3.63) is 98.1 Å². The molecule has 0 heterocycles. The normalized spacial score (nSPS) is 11.4. The number of halogens is 1. The minimum absolute atomic E-state index is 0.0442. The molecular weight excluding hydrogens is 492 g/mol. The number of amides is 1. The number of hydrogen-bond donors (Lipinski definition) is 1. The SMILES string of the molecule is Cc1ccc(S(=O)(=O)N(CC(=O)N/N=C\c2cc([N+](=O)[O-])ccc2Cl)c2ccc(C)cc2C)cc1. The predicted octanol–water partition coefficient (Wildman–Crippen LogP) is 4.52. The van der Waals surface area contributed by atoms with Gasteiger partial charge in [-0.15, -0.1) is 0 Å². The van der Waals surface area contributed by atoms with Crippen LogP contribution < -0.4 is 9.73 Å². The first-order valence-corrected chi connectivity index (χ1v) is 12.2. The highest BCUT2D eigenvalue weighted by Gasteiger charge is 2.28. The largest absolute Gasteiger partial charge is 0.271 e. The van der Waals surface area contributed by atoms with Crippen molar-refractivity contribution in [3.63, 3.8) is 0 Å². The van der Waals surface area contributed by atoms with E-state index in [0.717, 1.165) is 21.6 Å². The summed E-state index contributed by atoms with van der Waals surface area (Å²) in [6, 6.07) is 15.4. The average molecular weight is 515 g/mol. The highest BCUT2D eigenvalue weighted by molar-refractivity contribution is 7.92.